The highest BCUT2D eigenvalue weighted by molar-refractivity contribution is 5.80. The summed E-state index contributed by atoms with van der Waals surface area (Å²) in [6, 6.07) is 0. The molecule has 2 rings (SSSR count). The Morgan fingerprint density at radius 1 is 1.64 bits per heavy atom. The molecule has 3 heteroatoms. The van der Waals surface area contributed by atoms with Gasteiger partial charge in [0.2, 0.25) is 5.91 Å². The van der Waals surface area contributed by atoms with Gasteiger partial charge in [0.1, 0.15) is 0 Å². The minimum atomic E-state index is 0.240. The zero-order chi connectivity index (χ0) is 7.90. The van der Waals surface area contributed by atoms with Crippen LogP contribution in [0.2, 0.25) is 0 Å². The summed E-state index contributed by atoms with van der Waals surface area (Å²) in [4.78, 5) is 13.4. The zero-order valence-electron chi connectivity index (χ0n) is 6.89. The number of nitrogens with zero attached hydrogens (tertiary/aromatic N) is 1. The molecule has 3 nitrogen and oxygen atoms in total. The molecule has 1 aliphatic carbocycles. The maximum absolute atomic E-state index is 11.3. The lowest BCUT2D eigenvalue weighted by atomic mass is 10.1. The molecule has 1 N–H and O–H groups in total. The molecule has 1 amide bonds. The van der Waals surface area contributed by atoms with E-state index in [0.29, 0.717) is 6.54 Å². The number of carbonyl (C=O) groups is 1. The number of rotatable bonds is 1. The van der Waals surface area contributed by atoms with Crippen LogP contribution < -0.4 is 5.32 Å². The van der Waals surface area contributed by atoms with Crippen LogP contribution in [0.1, 0.15) is 19.8 Å². The first-order valence-electron chi connectivity index (χ1n) is 4.30. The van der Waals surface area contributed by atoms with E-state index in [-0.39, 0.29) is 11.4 Å². The summed E-state index contributed by atoms with van der Waals surface area (Å²) in [5.41, 5.74) is 0.240. The first kappa shape index (κ1) is 7.10. The van der Waals surface area contributed by atoms with E-state index in [0.717, 1.165) is 13.1 Å². The summed E-state index contributed by atoms with van der Waals surface area (Å²) in [5.74, 6) is 0.274. The average molecular weight is 154 g/mol. The Morgan fingerprint density at radius 3 is 2.82 bits per heavy atom. The molecule has 0 bridgehead atoms. The molecule has 62 valence electrons. The van der Waals surface area contributed by atoms with Crippen LogP contribution in [-0.2, 0) is 4.79 Å². The minimum Gasteiger partial charge on any atom is -0.335 e. The van der Waals surface area contributed by atoms with Crippen molar-refractivity contribution in [1.82, 2.24) is 10.2 Å². The molecular weight excluding hydrogens is 140 g/mol. The molecule has 1 spiro atoms. The topological polar surface area (TPSA) is 32.3 Å². The lowest BCUT2D eigenvalue weighted by molar-refractivity contribution is -0.135. The van der Waals surface area contributed by atoms with E-state index in [9.17, 15) is 4.79 Å². The van der Waals surface area contributed by atoms with Crippen molar-refractivity contribution in [2.75, 3.05) is 19.6 Å². The standard InChI is InChI=1S/C8H14N2O/c1-2-10-7(11)5-9-6-8(10)3-4-8/h9H,2-6H2,1H3. The smallest absolute Gasteiger partial charge is 0.237 e. The lowest BCUT2D eigenvalue weighted by Crippen LogP contribution is -2.56. The fraction of sp³-hybridized carbons (Fsp3) is 0.875. The van der Waals surface area contributed by atoms with Crippen molar-refractivity contribution in [2.24, 2.45) is 0 Å². The Balaban J connectivity index is 2.14. The lowest BCUT2D eigenvalue weighted by Gasteiger charge is -2.35. The maximum Gasteiger partial charge on any atom is 0.237 e. The van der Waals surface area contributed by atoms with Crippen LogP contribution in [0.4, 0.5) is 0 Å². The molecule has 0 aromatic heterocycles. The SMILES string of the molecule is CCN1C(=O)CNCC12CC2. The van der Waals surface area contributed by atoms with Crippen LogP contribution in [-0.4, -0.2) is 36.0 Å². The maximum atomic E-state index is 11.3. The Labute approximate surface area is 66.8 Å². The van der Waals surface area contributed by atoms with E-state index in [1.54, 1.807) is 0 Å². The third kappa shape index (κ3) is 0.948. The summed E-state index contributed by atoms with van der Waals surface area (Å²) < 4.78 is 0. The summed E-state index contributed by atoms with van der Waals surface area (Å²) in [7, 11) is 0. The number of hydrogen-bond acceptors (Lipinski definition) is 2. The first-order chi connectivity index (χ1) is 5.28. The fourth-order valence-corrected chi connectivity index (χ4v) is 1.96. The van der Waals surface area contributed by atoms with Gasteiger partial charge in [0.15, 0.2) is 0 Å². The van der Waals surface area contributed by atoms with Crippen LogP contribution in [0.15, 0.2) is 0 Å². The van der Waals surface area contributed by atoms with Crippen LogP contribution in [0, 0.1) is 0 Å². The molecule has 0 aromatic rings. The summed E-state index contributed by atoms with van der Waals surface area (Å²) >= 11 is 0. The van der Waals surface area contributed by atoms with Crippen molar-refractivity contribution in [3.8, 4) is 0 Å². The summed E-state index contributed by atoms with van der Waals surface area (Å²) in [5, 5.41) is 3.16. The molecule has 2 aliphatic rings. The van der Waals surface area contributed by atoms with E-state index < -0.39 is 0 Å². The quantitative estimate of drug-likeness (QED) is 0.575. The predicted octanol–water partition coefficient (Wildman–Crippen LogP) is -0.0293. The molecule has 2 fully saturated rings. The molecular formula is C8H14N2O. The predicted molar refractivity (Wildman–Crippen MR) is 42.2 cm³/mol. The number of nitrogens with one attached hydrogen (secondary N) is 1. The minimum absolute atomic E-state index is 0.240. The average Bonchev–Trinajstić information content (AvgIpc) is 2.70. The van der Waals surface area contributed by atoms with Crippen LogP contribution in [0.5, 0.6) is 0 Å². The van der Waals surface area contributed by atoms with E-state index in [1.165, 1.54) is 12.8 Å². The Hall–Kier alpha value is -0.570. The van der Waals surface area contributed by atoms with Gasteiger partial charge in [-0.05, 0) is 19.8 Å². The van der Waals surface area contributed by atoms with Gasteiger partial charge in [-0.1, -0.05) is 0 Å². The largest absolute Gasteiger partial charge is 0.335 e. The van der Waals surface area contributed by atoms with Gasteiger partial charge in [-0.15, -0.1) is 0 Å². The number of amides is 1. The van der Waals surface area contributed by atoms with Gasteiger partial charge in [-0.25, -0.2) is 0 Å². The van der Waals surface area contributed by atoms with Gasteiger partial charge in [0.05, 0.1) is 12.1 Å². The molecule has 1 saturated heterocycles. The fourth-order valence-electron chi connectivity index (χ4n) is 1.96. The van der Waals surface area contributed by atoms with Crippen molar-refractivity contribution in [1.29, 1.82) is 0 Å². The second-order valence-electron chi connectivity index (χ2n) is 3.47. The number of carbonyl (C=O) groups excluding carboxylic acids is 1. The van der Waals surface area contributed by atoms with Crippen LogP contribution >= 0.6 is 0 Å². The van der Waals surface area contributed by atoms with Gasteiger partial charge < -0.3 is 10.2 Å². The van der Waals surface area contributed by atoms with E-state index in [1.807, 2.05) is 4.90 Å². The van der Waals surface area contributed by atoms with Gasteiger partial charge in [0.25, 0.3) is 0 Å². The second-order valence-corrected chi connectivity index (χ2v) is 3.47. The molecule has 1 heterocycles. The monoisotopic (exact) mass is 154 g/mol. The highest BCUT2D eigenvalue weighted by Crippen LogP contribution is 2.42. The summed E-state index contributed by atoms with van der Waals surface area (Å²) in [6.45, 7) is 4.48. The molecule has 0 unspecified atom stereocenters. The first-order valence-corrected chi connectivity index (χ1v) is 4.30. The second kappa shape index (κ2) is 2.21. The molecule has 0 aromatic carbocycles. The van der Waals surface area contributed by atoms with Gasteiger partial charge in [-0.3, -0.25) is 4.79 Å². The number of hydrogen-bond donors (Lipinski definition) is 1. The normalized spacial score (nSPS) is 27.7. The third-order valence-corrected chi connectivity index (χ3v) is 2.75. The molecule has 11 heavy (non-hydrogen) atoms. The summed E-state index contributed by atoms with van der Waals surface area (Å²) in [6.07, 6.45) is 2.39. The Kier molecular flexibility index (Phi) is 1.42. The van der Waals surface area contributed by atoms with Crippen molar-refractivity contribution >= 4 is 5.91 Å². The highest BCUT2D eigenvalue weighted by Gasteiger charge is 2.50. The number of piperazine rings is 1. The van der Waals surface area contributed by atoms with Crippen LogP contribution in [0.25, 0.3) is 0 Å². The Bertz CT molecular complexity index is 187. The Morgan fingerprint density at radius 2 is 2.36 bits per heavy atom. The molecule has 1 saturated carbocycles. The van der Waals surface area contributed by atoms with Crippen molar-refractivity contribution in [3.63, 3.8) is 0 Å². The van der Waals surface area contributed by atoms with E-state index in [4.69, 9.17) is 0 Å². The van der Waals surface area contributed by atoms with E-state index in [2.05, 4.69) is 12.2 Å². The number of likely N-dealkylation sites (N-methyl/N-ethyl adjacent to an activating group) is 1. The zero-order valence-corrected chi connectivity index (χ0v) is 6.89. The molecule has 0 atom stereocenters. The van der Waals surface area contributed by atoms with Crippen LogP contribution in [0.3, 0.4) is 0 Å². The van der Waals surface area contributed by atoms with E-state index >= 15 is 0 Å². The van der Waals surface area contributed by atoms with Crippen molar-refractivity contribution in [2.45, 2.75) is 25.3 Å². The third-order valence-electron chi connectivity index (χ3n) is 2.75. The molecule has 0 radical (unpaired) electrons. The highest BCUT2D eigenvalue weighted by atomic mass is 16.2. The van der Waals surface area contributed by atoms with Gasteiger partial charge in [0, 0.05) is 13.1 Å². The van der Waals surface area contributed by atoms with Gasteiger partial charge >= 0.3 is 0 Å². The molecule has 1 aliphatic heterocycles. The van der Waals surface area contributed by atoms with Crippen molar-refractivity contribution < 1.29 is 4.79 Å². The van der Waals surface area contributed by atoms with Gasteiger partial charge in [-0.2, -0.15) is 0 Å². The van der Waals surface area contributed by atoms with Crippen molar-refractivity contribution in [3.05, 3.63) is 0 Å².